The van der Waals surface area contributed by atoms with Crippen molar-refractivity contribution in [2.45, 2.75) is 64.4 Å². The molecule has 1 aliphatic rings. The lowest BCUT2D eigenvalue weighted by atomic mass is 10.1. The van der Waals surface area contributed by atoms with Crippen LogP contribution in [0.5, 0.6) is 0 Å². The van der Waals surface area contributed by atoms with Gasteiger partial charge in [0.1, 0.15) is 5.01 Å². The highest BCUT2D eigenvalue weighted by Gasteiger charge is 2.23. The van der Waals surface area contributed by atoms with Gasteiger partial charge >= 0.3 is 0 Å². The molecule has 0 aliphatic heterocycles. The van der Waals surface area contributed by atoms with Crippen molar-refractivity contribution in [3.8, 4) is 0 Å². The lowest BCUT2D eigenvalue weighted by Gasteiger charge is -2.28. The maximum Gasteiger partial charge on any atom is 0.107 e. The van der Waals surface area contributed by atoms with E-state index >= 15 is 0 Å². The minimum atomic E-state index is 0.534. The van der Waals surface area contributed by atoms with Crippen molar-refractivity contribution in [3.63, 3.8) is 0 Å². The lowest BCUT2D eigenvalue weighted by Crippen LogP contribution is -2.34. The second-order valence-corrected chi connectivity index (χ2v) is 7.17. The molecule has 1 heterocycles. The van der Waals surface area contributed by atoms with E-state index in [-0.39, 0.29) is 0 Å². The molecule has 0 unspecified atom stereocenters. The second-order valence-electron chi connectivity index (χ2n) is 5.96. The number of thiazole rings is 1. The van der Waals surface area contributed by atoms with E-state index in [0.29, 0.717) is 5.88 Å². The van der Waals surface area contributed by atoms with Gasteiger partial charge in [-0.1, -0.05) is 26.7 Å². The summed E-state index contributed by atoms with van der Waals surface area (Å²) in [7, 11) is 0. The van der Waals surface area contributed by atoms with Gasteiger partial charge in [0.15, 0.2) is 0 Å². The normalized spacial score (nSPS) is 16.9. The molecule has 1 saturated carbocycles. The molecule has 4 heteroatoms. The molecule has 0 atom stereocenters. The van der Waals surface area contributed by atoms with Crippen LogP contribution in [0.15, 0.2) is 5.38 Å². The van der Waals surface area contributed by atoms with Crippen molar-refractivity contribution in [3.05, 3.63) is 16.1 Å². The predicted octanol–water partition coefficient (Wildman–Crippen LogP) is 4.67. The Bertz CT molecular complexity index is 372. The molecule has 19 heavy (non-hydrogen) atoms. The fraction of sp³-hybridized carbons (Fsp3) is 0.800. The summed E-state index contributed by atoms with van der Waals surface area (Å²) in [6.07, 6.45) is 6.81. The van der Waals surface area contributed by atoms with Gasteiger partial charge in [0.25, 0.3) is 0 Å². The number of nitrogens with zero attached hydrogens (tertiary/aromatic N) is 2. The van der Waals surface area contributed by atoms with Gasteiger partial charge in [0.2, 0.25) is 0 Å². The highest BCUT2D eigenvalue weighted by atomic mass is 35.5. The third kappa shape index (κ3) is 4.73. The smallest absolute Gasteiger partial charge is 0.107 e. The maximum atomic E-state index is 5.84. The summed E-state index contributed by atoms with van der Waals surface area (Å²) < 4.78 is 0. The van der Waals surface area contributed by atoms with Crippen LogP contribution in [0.4, 0.5) is 0 Å². The van der Waals surface area contributed by atoms with E-state index in [2.05, 4.69) is 29.1 Å². The van der Waals surface area contributed by atoms with Crippen LogP contribution in [0.2, 0.25) is 0 Å². The van der Waals surface area contributed by atoms with Gasteiger partial charge in [0, 0.05) is 11.4 Å². The van der Waals surface area contributed by atoms with E-state index in [0.717, 1.165) is 24.2 Å². The zero-order valence-electron chi connectivity index (χ0n) is 12.1. The van der Waals surface area contributed by atoms with Crippen molar-refractivity contribution < 1.29 is 0 Å². The molecule has 1 aromatic heterocycles. The second kappa shape index (κ2) is 7.61. The first-order valence-electron chi connectivity index (χ1n) is 7.42. The Hall–Kier alpha value is -0.120. The number of rotatable bonds is 7. The fourth-order valence-corrected chi connectivity index (χ4v) is 3.79. The molecule has 0 spiro atoms. The first kappa shape index (κ1) is 15.3. The Morgan fingerprint density at radius 1 is 1.42 bits per heavy atom. The Morgan fingerprint density at radius 3 is 2.74 bits per heavy atom. The predicted molar refractivity (Wildman–Crippen MR) is 83.8 cm³/mol. The Kier molecular flexibility index (Phi) is 6.11. The molecule has 1 aliphatic carbocycles. The third-order valence-corrected chi connectivity index (χ3v) is 5.07. The molecule has 108 valence electrons. The van der Waals surface area contributed by atoms with Crippen LogP contribution >= 0.6 is 22.9 Å². The van der Waals surface area contributed by atoms with Crippen LogP contribution in [0, 0.1) is 5.92 Å². The quantitative estimate of drug-likeness (QED) is 0.680. The van der Waals surface area contributed by atoms with Crippen molar-refractivity contribution >= 4 is 22.9 Å². The standard InChI is InChI=1S/C15H25ClN2S/c1-12(2)7-8-18(14-5-3-4-6-14)10-15-17-13(9-16)11-19-15/h11-12,14H,3-10H2,1-2H3. The average Bonchev–Trinajstić information content (AvgIpc) is 3.05. The molecular weight excluding hydrogens is 276 g/mol. The van der Waals surface area contributed by atoms with Gasteiger partial charge in [-0.05, 0) is 31.7 Å². The Morgan fingerprint density at radius 2 is 2.16 bits per heavy atom. The van der Waals surface area contributed by atoms with Gasteiger partial charge in [-0.3, -0.25) is 4.90 Å². The van der Waals surface area contributed by atoms with Crippen molar-refractivity contribution in [1.82, 2.24) is 9.88 Å². The largest absolute Gasteiger partial charge is 0.294 e. The molecule has 0 amide bonds. The van der Waals surface area contributed by atoms with Crippen LogP contribution in [0.3, 0.4) is 0 Å². The van der Waals surface area contributed by atoms with E-state index in [4.69, 9.17) is 11.6 Å². The summed E-state index contributed by atoms with van der Waals surface area (Å²) in [6, 6.07) is 0.780. The molecule has 2 rings (SSSR count). The molecule has 0 bridgehead atoms. The summed E-state index contributed by atoms with van der Waals surface area (Å²) in [6.45, 7) is 6.83. The minimum Gasteiger partial charge on any atom is -0.294 e. The molecule has 0 N–H and O–H groups in total. The Balaban J connectivity index is 1.95. The third-order valence-electron chi connectivity index (χ3n) is 3.91. The lowest BCUT2D eigenvalue weighted by molar-refractivity contribution is 0.179. The number of hydrogen-bond donors (Lipinski definition) is 0. The summed E-state index contributed by atoms with van der Waals surface area (Å²) >= 11 is 7.60. The molecule has 0 radical (unpaired) electrons. The summed E-state index contributed by atoms with van der Waals surface area (Å²) in [5.41, 5.74) is 1.02. The van der Waals surface area contributed by atoms with Crippen LogP contribution in [-0.4, -0.2) is 22.5 Å². The van der Waals surface area contributed by atoms with E-state index in [1.54, 1.807) is 11.3 Å². The van der Waals surface area contributed by atoms with Gasteiger partial charge in [-0.15, -0.1) is 22.9 Å². The zero-order valence-corrected chi connectivity index (χ0v) is 13.6. The first-order valence-corrected chi connectivity index (χ1v) is 8.83. The van der Waals surface area contributed by atoms with E-state index < -0.39 is 0 Å². The minimum absolute atomic E-state index is 0.534. The summed E-state index contributed by atoms with van der Waals surface area (Å²) in [5.74, 6) is 1.31. The SMILES string of the molecule is CC(C)CCN(Cc1nc(CCl)cs1)C1CCCC1. The summed E-state index contributed by atoms with van der Waals surface area (Å²) in [5, 5.41) is 3.32. The highest BCUT2D eigenvalue weighted by molar-refractivity contribution is 7.09. The molecule has 2 nitrogen and oxygen atoms in total. The van der Waals surface area contributed by atoms with E-state index in [9.17, 15) is 0 Å². The maximum absolute atomic E-state index is 5.84. The first-order chi connectivity index (χ1) is 9.19. The summed E-state index contributed by atoms with van der Waals surface area (Å²) in [4.78, 5) is 7.27. The zero-order chi connectivity index (χ0) is 13.7. The monoisotopic (exact) mass is 300 g/mol. The molecule has 1 fully saturated rings. The topological polar surface area (TPSA) is 16.1 Å². The van der Waals surface area contributed by atoms with Gasteiger partial charge in [0.05, 0.1) is 18.1 Å². The van der Waals surface area contributed by atoms with Gasteiger partial charge in [-0.2, -0.15) is 0 Å². The highest BCUT2D eigenvalue weighted by Crippen LogP contribution is 2.26. The number of hydrogen-bond acceptors (Lipinski definition) is 3. The average molecular weight is 301 g/mol. The molecule has 0 aromatic carbocycles. The van der Waals surface area contributed by atoms with Crippen LogP contribution in [0.1, 0.15) is 56.7 Å². The number of alkyl halides is 1. The number of halogens is 1. The molecule has 0 saturated heterocycles. The number of aromatic nitrogens is 1. The Labute approximate surface area is 126 Å². The van der Waals surface area contributed by atoms with Crippen LogP contribution in [-0.2, 0) is 12.4 Å². The van der Waals surface area contributed by atoms with Crippen molar-refractivity contribution in [2.24, 2.45) is 5.92 Å². The molecule has 1 aromatic rings. The van der Waals surface area contributed by atoms with Crippen LogP contribution in [0.25, 0.3) is 0 Å². The van der Waals surface area contributed by atoms with Crippen molar-refractivity contribution in [1.29, 1.82) is 0 Å². The van der Waals surface area contributed by atoms with Gasteiger partial charge < -0.3 is 0 Å². The fourth-order valence-electron chi connectivity index (χ4n) is 2.74. The molecular formula is C15H25ClN2S. The van der Waals surface area contributed by atoms with Crippen LogP contribution < -0.4 is 0 Å². The van der Waals surface area contributed by atoms with Gasteiger partial charge in [-0.25, -0.2) is 4.98 Å². The van der Waals surface area contributed by atoms with E-state index in [1.807, 2.05) is 0 Å². The van der Waals surface area contributed by atoms with E-state index in [1.165, 1.54) is 43.7 Å². The van der Waals surface area contributed by atoms with Crippen molar-refractivity contribution in [2.75, 3.05) is 6.54 Å².